The second-order valence-electron chi connectivity index (χ2n) is 13.7. The highest BCUT2D eigenvalue weighted by atomic mass is 16.5. The van der Waals surface area contributed by atoms with Gasteiger partial charge in [0.15, 0.2) is 0 Å². The molecule has 0 fully saturated rings. The van der Waals surface area contributed by atoms with Crippen molar-refractivity contribution in [1.82, 2.24) is 0 Å². The zero-order valence-electron chi connectivity index (χ0n) is 30.4. The number of carbonyl (C=O) groups excluding carboxylic acids is 1. The molecule has 0 heterocycles. The molecule has 0 rings (SSSR count). The first kappa shape index (κ1) is 43.0. The Kier molecular flexibility index (Phi) is 39.0. The third-order valence-electron chi connectivity index (χ3n) is 9.16. The summed E-state index contributed by atoms with van der Waals surface area (Å²) in [6.07, 6.45) is 54.9. The molecule has 0 radical (unpaired) electrons. The van der Waals surface area contributed by atoms with Gasteiger partial charge in [0.1, 0.15) is 0 Å². The average molecular weight is 617 g/mol. The first-order valence-electron chi connectivity index (χ1n) is 20.3. The van der Waals surface area contributed by atoms with Crippen LogP contribution in [0.5, 0.6) is 0 Å². The molecule has 260 valence electrons. The molecular formula is C42H80O2. The minimum absolute atomic E-state index is 0.0631. The van der Waals surface area contributed by atoms with Crippen LogP contribution in [-0.2, 0) is 9.53 Å². The lowest BCUT2D eigenvalue weighted by Crippen LogP contribution is -1.98. The fourth-order valence-corrected chi connectivity index (χ4v) is 6.11. The smallest absolute Gasteiger partial charge is 0.310 e. The van der Waals surface area contributed by atoms with E-state index >= 15 is 0 Å². The van der Waals surface area contributed by atoms with Crippen molar-refractivity contribution in [2.24, 2.45) is 0 Å². The normalized spacial score (nSPS) is 11.8. The van der Waals surface area contributed by atoms with Crippen LogP contribution in [0.15, 0.2) is 24.5 Å². The molecule has 0 bridgehead atoms. The second-order valence-corrected chi connectivity index (χ2v) is 13.7. The summed E-state index contributed by atoms with van der Waals surface area (Å²) in [5, 5.41) is 0. The molecule has 0 aromatic rings. The third kappa shape index (κ3) is 39.0. The molecule has 0 aliphatic heterocycles. The molecule has 2 heteroatoms. The topological polar surface area (TPSA) is 26.3 Å². The zero-order valence-corrected chi connectivity index (χ0v) is 30.4. The fraction of sp³-hybridized carbons (Fsp3) is 0.881. The molecule has 0 spiro atoms. The third-order valence-corrected chi connectivity index (χ3v) is 9.16. The average Bonchev–Trinajstić information content (AvgIpc) is 3.03. The second kappa shape index (κ2) is 40.0. The van der Waals surface area contributed by atoms with Crippen LogP contribution in [0.3, 0.4) is 0 Å². The van der Waals surface area contributed by atoms with E-state index < -0.39 is 0 Å². The molecule has 0 atom stereocenters. The number of hydrogen-bond acceptors (Lipinski definition) is 2. The van der Waals surface area contributed by atoms with Gasteiger partial charge in [-0.3, -0.25) is 4.79 Å². The Labute approximate surface area is 278 Å². The molecule has 2 nitrogen and oxygen atoms in total. The number of esters is 1. The molecule has 0 N–H and O–H groups in total. The maximum absolute atomic E-state index is 11.9. The van der Waals surface area contributed by atoms with Crippen LogP contribution in [0, 0.1) is 0 Å². The lowest BCUT2D eigenvalue weighted by molar-refractivity contribution is -0.138. The Bertz CT molecular complexity index is 593. The Hall–Kier alpha value is -1.05. The van der Waals surface area contributed by atoms with Crippen molar-refractivity contribution in [2.75, 3.05) is 0 Å². The summed E-state index contributed by atoms with van der Waals surface area (Å²) >= 11 is 0. The summed E-state index contributed by atoms with van der Waals surface area (Å²) in [5.74, 6) is -0.0631. The number of allylic oxidation sites excluding steroid dienone is 3. The van der Waals surface area contributed by atoms with Crippen molar-refractivity contribution in [3.63, 3.8) is 0 Å². The Morgan fingerprint density at radius 2 is 0.636 bits per heavy atom. The summed E-state index contributed by atoms with van der Waals surface area (Å²) in [7, 11) is 0. The molecular weight excluding hydrogens is 536 g/mol. The van der Waals surface area contributed by atoms with Gasteiger partial charge in [-0.15, -0.1) is 0 Å². The standard InChI is InChI=1S/C42H80O2/c1-3-5-7-9-11-13-15-17-19-21-22-23-25-27-29-31-33-35-37-39-41-44-42(43)40-38-36-34-32-30-28-26-24-20-18-16-14-12-10-8-6-4-2/h18,20,39,41H,3-17,19,21-38,40H2,1-2H3/b20-18-,41-39?. The van der Waals surface area contributed by atoms with E-state index in [9.17, 15) is 4.79 Å². The van der Waals surface area contributed by atoms with Gasteiger partial charge in [-0.2, -0.15) is 0 Å². The summed E-state index contributed by atoms with van der Waals surface area (Å²) in [6, 6.07) is 0. The van der Waals surface area contributed by atoms with Crippen molar-refractivity contribution in [1.29, 1.82) is 0 Å². The molecule has 0 aliphatic carbocycles. The maximum Gasteiger partial charge on any atom is 0.310 e. The molecule has 0 amide bonds. The summed E-state index contributed by atoms with van der Waals surface area (Å²) in [6.45, 7) is 4.58. The van der Waals surface area contributed by atoms with E-state index in [2.05, 4.69) is 26.0 Å². The molecule has 0 saturated heterocycles. The molecule has 44 heavy (non-hydrogen) atoms. The van der Waals surface area contributed by atoms with Crippen LogP contribution in [0.2, 0.25) is 0 Å². The van der Waals surface area contributed by atoms with Crippen LogP contribution in [0.25, 0.3) is 0 Å². The van der Waals surface area contributed by atoms with Gasteiger partial charge in [0, 0.05) is 6.42 Å². The minimum Gasteiger partial charge on any atom is -0.435 e. The lowest BCUT2D eigenvalue weighted by Gasteiger charge is -2.03. The van der Waals surface area contributed by atoms with Gasteiger partial charge in [0.05, 0.1) is 6.26 Å². The van der Waals surface area contributed by atoms with Gasteiger partial charge in [-0.05, 0) is 51.0 Å². The highest BCUT2D eigenvalue weighted by molar-refractivity contribution is 5.69. The van der Waals surface area contributed by atoms with Gasteiger partial charge in [-0.25, -0.2) is 0 Å². The molecule has 0 aromatic heterocycles. The summed E-state index contributed by atoms with van der Waals surface area (Å²) in [4.78, 5) is 11.9. The quantitative estimate of drug-likeness (QED) is 0.0300. The van der Waals surface area contributed by atoms with Gasteiger partial charge in [-0.1, -0.05) is 199 Å². The summed E-state index contributed by atoms with van der Waals surface area (Å²) < 4.78 is 5.28. The van der Waals surface area contributed by atoms with Gasteiger partial charge in [0.25, 0.3) is 0 Å². The first-order valence-corrected chi connectivity index (χ1v) is 20.3. The maximum atomic E-state index is 11.9. The van der Waals surface area contributed by atoms with Gasteiger partial charge < -0.3 is 4.74 Å². The molecule has 0 aromatic carbocycles. The summed E-state index contributed by atoms with van der Waals surface area (Å²) in [5.41, 5.74) is 0. The van der Waals surface area contributed by atoms with E-state index in [1.54, 1.807) is 6.26 Å². The van der Waals surface area contributed by atoms with Crippen LogP contribution in [0.4, 0.5) is 0 Å². The highest BCUT2D eigenvalue weighted by Crippen LogP contribution is 2.15. The van der Waals surface area contributed by atoms with Gasteiger partial charge >= 0.3 is 5.97 Å². The SMILES string of the molecule is CCCCCCCC/C=C\CCCCCCCCCC(=O)OC=CCCCCCCCCCCCCCCCCCCCC. The molecule has 0 aliphatic rings. The van der Waals surface area contributed by atoms with Crippen molar-refractivity contribution in [3.05, 3.63) is 24.5 Å². The van der Waals surface area contributed by atoms with Crippen LogP contribution in [0.1, 0.15) is 239 Å². The van der Waals surface area contributed by atoms with Gasteiger partial charge in [0.2, 0.25) is 0 Å². The minimum atomic E-state index is -0.0631. The zero-order chi connectivity index (χ0) is 31.9. The largest absolute Gasteiger partial charge is 0.435 e. The monoisotopic (exact) mass is 617 g/mol. The van der Waals surface area contributed by atoms with Crippen molar-refractivity contribution >= 4 is 5.97 Å². The van der Waals surface area contributed by atoms with Crippen molar-refractivity contribution < 1.29 is 9.53 Å². The number of unbranched alkanes of at least 4 members (excludes halogenated alkanes) is 31. The number of ether oxygens (including phenoxy) is 1. The van der Waals surface area contributed by atoms with Crippen LogP contribution in [-0.4, -0.2) is 5.97 Å². The fourth-order valence-electron chi connectivity index (χ4n) is 6.11. The number of carbonyl (C=O) groups is 1. The van der Waals surface area contributed by atoms with E-state index in [0.717, 1.165) is 19.3 Å². The Morgan fingerprint density at radius 1 is 0.364 bits per heavy atom. The van der Waals surface area contributed by atoms with E-state index in [0.29, 0.717) is 6.42 Å². The highest BCUT2D eigenvalue weighted by Gasteiger charge is 2.01. The lowest BCUT2D eigenvalue weighted by atomic mass is 10.0. The number of rotatable bonds is 37. The van der Waals surface area contributed by atoms with E-state index in [1.807, 2.05) is 6.08 Å². The predicted molar refractivity (Wildman–Crippen MR) is 197 cm³/mol. The number of hydrogen-bond donors (Lipinski definition) is 0. The Morgan fingerprint density at radius 3 is 0.977 bits per heavy atom. The van der Waals surface area contributed by atoms with E-state index in [4.69, 9.17) is 4.74 Å². The van der Waals surface area contributed by atoms with Crippen LogP contribution >= 0.6 is 0 Å². The molecule has 0 unspecified atom stereocenters. The van der Waals surface area contributed by atoms with E-state index in [1.165, 1.54) is 199 Å². The predicted octanol–water partition coefficient (Wildman–Crippen LogP) is 15.3. The molecule has 0 saturated carbocycles. The van der Waals surface area contributed by atoms with Crippen molar-refractivity contribution in [2.45, 2.75) is 239 Å². The van der Waals surface area contributed by atoms with Crippen molar-refractivity contribution in [3.8, 4) is 0 Å². The Balaban J connectivity index is 3.23. The first-order chi connectivity index (χ1) is 21.8. The van der Waals surface area contributed by atoms with Crippen LogP contribution < -0.4 is 0 Å². The van der Waals surface area contributed by atoms with E-state index in [-0.39, 0.29) is 5.97 Å².